The third-order valence-corrected chi connectivity index (χ3v) is 3.99. The number of unbranched alkanes of at least 4 members (excludes halogenated alkanes) is 12. The first-order valence-electron chi connectivity index (χ1n) is 8.98. The molecule has 0 aliphatic carbocycles. The van der Waals surface area contributed by atoms with Gasteiger partial charge in [0, 0.05) is 6.42 Å². The van der Waals surface area contributed by atoms with Crippen molar-refractivity contribution < 1.29 is 15.0 Å². The van der Waals surface area contributed by atoms with E-state index >= 15 is 0 Å². The molecule has 2 N–H and O–H groups in total. The molecule has 0 atom stereocenters. The van der Waals surface area contributed by atoms with Crippen LogP contribution in [0.5, 0.6) is 0 Å². The van der Waals surface area contributed by atoms with E-state index in [4.69, 9.17) is 10.2 Å². The number of hydrogen-bond donors (Lipinski definition) is 2. The lowest BCUT2D eigenvalue weighted by Crippen LogP contribution is -2.02. The van der Waals surface area contributed by atoms with Crippen molar-refractivity contribution in [1.29, 1.82) is 0 Å². The minimum Gasteiger partial charge on any atom is -0.368 e. The monoisotopic (exact) mass is 300 g/mol. The summed E-state index contributed by atoms with van der Waals surface area (Å²) in [5.41, 5.74) is 0. The standard InChI is InChI=1S/C18H36O3/c1-17(19)15-13-11-9-7-5-3-2-4-6-8-10-12-14-16-18(20)21/h18,20-21H,2-16H2,1H3. The average Bonchev–Trinajstić information content (AvgIpc) is 2.42. The Bertz CT molecular complexity index is 227. The quantitative estimate of drug-likeness (QED) is 0.320. The number of hydrogen-bond acceptors (Lipinski definition) is 3. The molecule has 0 unspecified atom stereocenters. The fourth-order valence-corrected chi connectivity index (χ4v) is 2.65. The Hall–Kier alpha value is -0.410. The summed E-state index contributed by atoms with van der Waals surface area (Å²) >= 11 is 0. The van der Waals surface area contributed by atoms with Gasteiger partial charge in [0.05, 0.1) is 0 Å². The molecular formula is C18H36O3. The molecule has 21 heavy (non-hydrogen) atoms. The van der Waals surface area contributed by atoms with Gasteiger partial charge in [-0.25, -0.2) is 0 Å². The highest BCUT2D eigenvalue weighted by atomic mass is 16.5. The number of aliphatic hydroxyl groups is 2. The van der Waals surface area contributed by atoms with E-state index in [-0.39, 0.29) is 0 Å². The summed E-state index contributed by atoms with van der Waals surface area (Å²) in [5.74, 6) is 0.322. The number of Topliss-reactive ketones (excluding diaryl/α,β-unsaturated/α-hetero) is 1. The van der Waals surface area contributed by atoms with Gasteiger partial charge in [-0.05, 0) is 26.2 Å². The highest BCUT2D eigenvalue weighted by Crippen LogP contribution is 2.13. The molecule has 0 radical (unpaired) electrons. The fraction of sp³-hybridized carbons (Fsp3) is 0.944. The molecule has 0 saturated heterocycles. The molecule has 3 heteroatoms. The summed E-state index contributed by atoms with van der Waals surface area (Å²) in [7, 11) is 0. The lowest BCUT2D eigenvalue weighted by atomic mass is 10.0. The molecule has 126 valence electrons. The second kappa shape index (κ2) is 16.0. The Kier molecular flexibility index (Phi) is 15.7. The third-order valence-electron chi connectivity index (χ3n) is 3.99. The number of ketones is 1. The van der Waals surface area contributed by atoms with Crippen LogP contribution < -0.4 is 0 Å². The van der Waals surface area contributed by atoms with E-state index in [1.807, 2.05) is 0 Å². The summed E-state index contributed by atoms with van der Waals surface area (Å²) in [6, 6.07) is 0. The Morgan fingerprint density at radius 2 is 1.00 bits per heavy atom. The van der Waals surface area contributed by atoms with Crippen LogP contribution in [0, 0.1) is 0 Å². The van der Waals surface area contributed by atoms with Gasteiger partial charge in [0.25, 0.3) is 0 Å². The molecule has 0 heterocycles. The molecule has 0 aromatic heterocycles. The molecule has 0 rings (SSSR count). The van der Waals surface area contributed by atoms with Crippen LogP contribution in [0.2, 0.25) is 0 Å². The largest absolute Gasteiger partial charge is 0.368 e. The van der Waals surface area contributed by atoms with E-state index in [9.17, 15) is 4.79 Å². The SMILES string of the molecule is CC(=O)CCCCCCCCCCCCCCCC(O)O. The molecule has 0 bridgehead atoms. The molecule has 0 aliphatic heterocycles. The van der Waals surface area contributed by atoms with Crippen LogP contribution in [0.1, 0.15) is 103 Å². The normalized spacial score (nSPS) is 11.2. The first-order valence-corrected chi connectivity index (χ1v) is 8.98. The van der Waals surface area contributed by atoms with E-state index in [0.29, 0.717) is 12.2 Å². The van der Waals surface area contributed by atoms with Crippen molar-refractivity contribution in [1.82, 2.24) is 0 Å². The molecule has 0 saturated carbocycles. The summed E-state index contributed by atoms with van der Waals surface area (Å²) in [6.07, 6.45) is 16.3. The maximum atomic E-state index is 10.8. The van der Waals surface area contributed by atoms with Crippen molar-refractivity contribution in [2.24, 2.45) is 0 Å². The van der Waals surface area contributed by atoms with Crippen LogP contribution in [-0.4, -0.2) is 22.3 Å². The smallest absolute Gasteiger partial charge is 0.151 e. The van der Waals surface area contributed by atoms with Crippen LogP contribution in [0.3, 0.4) is 0 Å². The van der Waals surface area contributed by atoms with Gasteiger partial charge in [-0.1, -0.05) is 70.6 Å². The second-order valence-electron chi connectivity index (χ2n) is 6.32. The van der Waals surface area contributed by atoms with E-state index in [2.05, 4.69) is 0 Å². The highest BCUT2D eigenvalue weighted by molar-refractivity contribution is 5.75. The van der Waals surface area contributed by atoms with Crippen molar-refractivity contribution in [3.05, 3.63) is 0 Å². The van der Waals surface area contributed by atoms with Gasteiger partial charge in [0.15, 0.2) is 6.29 Å². The minimum absolute atomic E-state index is 0.322. The number of aliphatic hydroxyl groups excluding tert-OH is 1. The van der Waals surface area contributed by atoms with Crippen molar-refractivity contribution in [2.75, 3.05) is 0 Å². The summed E-state index contributed by atoms with van der Waals surface area (Å²) in [4.78, 5) is 10.8. The lowest BCUT2D eigenvalue weighted by Gasteiger charge is -2.04. The van der Waals surface area contributed by atoms with Crippen molar-refractivity contribution in [2.45, 2.75) is 110 Å². The predicted molar refractivity (Wildman–Crippen MR) is 88.2 cm³/mol. The molecular weight excluding hydrogens is 264 g/mol. The lowest BCUT2D eigenvalue weighted by molar-refractivity contribution is -0.117. The topological polar surface area (TPSA) is 57.5 Å². The molecule has 0 amide bonds. The predicted octanol–water partition coefficient (Wildman–Crippen LogP) is 4.74. The number of carbonyl (C=O) groups excluding carboxylic acids is 1. The van der Waals surface area contributed by atoms with E-state index < -0.39 is 6.29 Å². The third kappa shape index (κ3) is 19.6. The Balaban J connectivity index is 2.98. The van der Waals surface area contributed by atoms with Crippen molar-refractivity contribution in [3.63, 3.8) is 0 Å². The first-order chi connectivity index (χ1) is 10.1. The summed E-state index contributed by atoms with van der Waals surface area (Å²) < 4.78 is 0. The van der Waals surface area contributed by atoms with Gasteiger partial charge in [-0.2, -0.15) is 0 Å². The molecule has 0 spiro atoms. The Morgan fingerprint density at radius 1 is 0.667 bits per heavy atom. The van der Waals surface area contributed by atoms with Gasteiger partial charge in [0.2, 0.25) is 0 Å². The van der Waals surface area contributed by atoms with Gasteiger partial charge >= 0.3 is 0 Å². The van der Waals surface area contributed by atoms with Crippen LogP contribution in [-0.2, 0) is 4.79 Å². The van der Waals surface area contributed by atoms with Gasteiger partial charge in [-0.3, -0.25) is 0 Å². The van der Waals surface area contributed by atoms with Crippen LogP contribution in [0.25, 0.3) is 0 Å². The van der Waals surface area contributed by atoms with Crippen LogP contribution in [0.15, 0.2) is 0 Å². The zero-order chi connectivity index (χ0) is 15.8. The number of carbonyl (C=O) groups is 1. The van der Waals surface area contributed by atoms with E-state index in [1.54, 1.807) is 6.92 Å². The van der Waals surface area contributed by atoms with Gasteiger partial charge < -0.3 is 15.0 Å². The van der Waals surface area contributed by atoms with Gasteiger partial charge in [-0.15, -0.1) is 0 Å². The van der Waals surface area contributed by atoms with Crippen molar-refractivity contribution in [3.8, 4) is 0 Å². The van der Waals surface area contributed by atoms with Crippen LogP contribution in [0.4, 0.5) is 0 Å². The van der Waals surface area contributed by atoms with Crippen molar-refractivity contribution >= 4 is 5.78 Å². The van der Waals surface area contributed by atoms with Gasteiger partial charge in [0.1, 0.15) is 5.78 Å². The second-order valence-corrected chi connectivity index (χ2v) is 6.32. The fourth-order valence-electron chi connectivity index (χ4n) is 2.65. The number of rotatable bonds is 16. The molecule has 3 nitrogen and oxygen atoms in total. The van der Waals surface area contributed by atoms with Crippen LogP contribution >= 0.6 is 0 Å². The molecule has 0 aromatic rings. The highest BCUT2D eigenvalue weighted by Gasteiger charge is 1.97. The minimum atomic E-state index is -1.12. The Labute approximate surface area is 131 Å². The molecule has 0 fully saturated rings. The zero-order valence-electron chi connectivity index (χ0n) is 14.0. The average molecular weight is 300 g/mol. The maximum Gasteiger partial charge on any atom is 0.151 e. The Morgan fingerprint density at radius 3 is 1.33 bits per heavy atom. The first kappa shape index (κ1) is 20.6. The summed E-state index contributed by atoms with van der Waals surface area (Å²) in [6.45, 7) is 1.68. The van der Waals surface area contributed by atoms with E-state index in [1.165, 1.54) is 64.2 Å². The summed E-state index contributed by atoms with van der Waals surface area (Å²) in [5, 5.41) is 17.4. The molecule has 0 aliphatic rings. The maximum absolute atomic E-state index is 10.8. The zero-order valence-corrected chi connectivity index (χ0v) is 14.0. The molecule has 0 aromatic carbocycles. The van der Waals surface area contributed by atoms with E-state index in [0.717, 1.165) is 25.7 Å².